The number of aromatic nitrogens is 1. The zero-order valence-corrected chi connectivity index (χ0v) is 27.8. The van der Waals surface area contributed by atoms with Crippen LogP contribution in [0.5, 0.6) is 0 Å². The Hall–Kier alpha value is -3.94. The summed E-state index contributed by atoms with van der Waals surface area (Å²) in [5.74, 6) is 0.00335. The van der Waals surface area contributed by atoms with E-state index >= 15 is 0 Å². The van der Waals surface area contributed by atoms with E-state index in [1.165, 1.54) is 46.0 Å². The van der Waals surface area contributed by atoms with E-state index in [0.717, 1.165) is 74.1 Å². The first kappa shape index (κ1) is 29.2. The van der Waals surface area contributed by atoms with E-state index < -0.39 is 0 Å². The summed E-state index contributed by atoms with van der Waals surface area (Å²) in [7, 11) is 3.69. The van der Waals surface area contributed by atoms with E-state index in [4.69, 9.17) is 4.74 Å². The average Bonchev–Trinajstić information content (AvgIpc) is 3.77. The van der Waals surface area contributed by atoms with Crippen molar-refractivity contribution < 1.29 is 14.3 Å². The summed E-state index contributed by atoms with van der Waals surface area (Å²) < 4.78 is 5.54. The van der Waals surface area contributed by atoms with Gasteiger partial charge in [0.15, 0.2) is 0 Å². The number of esters is 1. The van der Waals surface area contributed by atoms with Crippen LogP contribution >= 0.6 is 0 Å². The van der Waals surface area contributed by atoms with Gasteiger partial charge in [0, 0.05) is 77.1 Å². The van der Waals surface area contributed by atoms with E-state index in [1.54, 1.807) is 0 Å². The van der Waals surface area contributed by atoms with Crippen molar-refractivity contribution >= 4 is 28.8 Å². The monoisotopic (exact) mass is 628 g/mol. The third-order valence-electron chi connectivity index (χ3n) is 13.2. The normalized spacial score (nSPS) is 34.5. The number of piperidine rings is 2. The van der Waals surface area contributed by atoms with Gasteiger partial charge < -0.3 is 15.0 Å². The molecule has 9 rings (SSSR count). The molecule has 3 fully saturated rings. The van der Waals surface area contributed by atoms with Gasteiger partial charge in [0.1, 0.15) is 6.29 Å². The lowest BCUT2D eigenvalue weighted by Gasteiger charge is -2.48. The number of ether oxygens (including phenoxy) is 1. The number of H-pyrrole nitrogens is 1. The zero-order valence-electron chi connectivity index (χ0n) is 27.8. The molecule has 0 amide bonds. The van der Waals surface area contributed by atoms with Gasteiger partial charge in [0.2, 0.25) is 0 Å². The second-order valence-corrected chi connectivity index (χ2v) is 14.8. The largest absolute Gasteiger partial charge is 0.469 e. The van der Waals surface area contributed by atoms with Crippen molar-refractivity contribution in [2.45, 2.75) is 62.9 Å². The fourth-order valence-corrected chi connectivity index (χ4v) is 11.0. The van der Waals surface area contributed by atoms with Crippen LogP contribution in [0.3, 0.4) is 0 Å². The van der Waals surface area contributed by atoms with Gasteiger partial charge in [0.05, 0.1) is 18.4 Å². The van der Waals surface area contributed by atoms with E-state index in [0.29, 0.717) is 6.04 Å². The molecule has 1 unspecified atom stereocenters. The molecule has 0 saturated carbocycles. The predicted molar refractivity (Wildman–Crippen MR) is 184 cm³/mol. The molecule has 2 aliphatic carbocycles. The second kappa shape index (κ2) is 10.5. The lowest BCUT2D eigenvalue weighted by atomic mass is 9.61. The quantitative estimate of drug-likeness (QED) is 0.208. The minimum atomic E-state index is -0.240. The number of carbonyl (C=O) groups excluding carboxylic acids is 2. The van der Waals surface area contributed by atoms with Gasteiger partial charge >= 0.3 is 5.97 Å². The Morgan fingerprint density at radius 1 is 1.04 bits per heavy atom. The SMILES string of the molecule is C/C=C1\CN2CCC34C(=C(C=O)[C@H]1C[C@H]23)Nc1ccc([C@@H]2C[C@H]3/C(=C\C)CN(C)[C@@H](Cc5c2[nH]c2ccccc52)[C@H]3C(=O)OC)cc14. The van der Waals surface area contributed by atoms with E-state index in [1.807, 2.05) is 0 Å². The van der Waals surface area contributed by atoms with E-state index in [-0.39, 0.29) is 41.1 Å². The number of nitrogens with one attached hydrogen (secondary N) is 2. The molecular weight excluding hydrogens is 584 g/mol. The first-order valence-corrected chi connectivity index (χ1v) is 17.4. The molecule has 4 aliphatic heterocycles. The maximum absolute atomic E-state index is 13.7. The number of para-hydroxylation sites is 1. The molecule has 4 bridgehead atoms. The fraction of sp³-hybridized carbons (Fsp3) is 0.450. The Kier molecular flexibility index (Phi) is 6.55. The molecule has 3 saturated heterocycles. The molecule has 7 atom stereocenters. The van der Waals surface area contributed by atoms with Crippen LogP contribution in [0, 0.1) is 17.8 Å². The number of aromatic amines is 1. The second-order valence-electron chi connectivity index (χ2n) is 14.8. The molecule has 0 radical (unpaired) electrons. The number of anilines is 1. The van der Waals surface area contributed by atoms with Crippen molar-refractivity contribution in [2.24, 2.45) is 17.8 Å². The highest BCUT2D eigenvalue weighted by Gasteiger charge is 2.61. The van der Waals surface area contributed by atoms with Crippen molar-refractivity contribution in [3.8, 4) is 0 Å². The maximum Gasteiger partial charge on any atom is 0.310 e. The van der Waals surface area contributed by atoms with Crippen LogP contribution in [0.2, 0.25) is 0 Å². The van der Waals surface area contributed by atoms with Crippen molar-refractivity contribution in [1.29, 1.82) is 0 Å². The number of likely N-dealkylation sites (N-methyl/N-ethyl adjacent to an activating group) is 1. The molecule has 2 aromatic carbocycles. The number of hydrogen-bond donors (Lipinski definition) is 2. The zero-order chi connectivity index (χ0) is 32.2. The van der Waals surface area contributed by atoms with Crippen molar-refractivity contribution in [1.82, 2.24) is 14.8 Å². The number of allylic oxidation sites excluding steroid dienone is 3. The summed E-state index contributed by atoms with van der Waals surface area (Å²) in [6.07, 6.45) is 9.24. The van der Waals surface area contributed by atoms with Crippen LogP contribution < -0.4 is 5.32 Å². The van der Waals surface area contributed by atoms with E-state index in [2.05, 4.69) is 95.6 Å². The minimum Gasteiger partial charge on any atom is -0.469 e. The minimum absolute atomic E-state index is 0.0562. The molecule has 2 N–H and O–H groups in total. The first-order chi connectivity index (χ1) is 22.9. The molecule has 7 heteroatoms. The van der Waals surface area contributed by atoms with Crippen LogP contribution in [-0.2, 0) is 26.2 Å². The third kappa shape index (κ3) is 3.87. The average molecular weight is 629 g/mol. The number of aldehydes is 1. The summed E-state index contributed by atoms with van der Waals surface area (Å²) >= 11 is 0. The lowest BCUT2D eigenvalue weighted by Crippen LogP contribution is -2.53. The smallest absolute Gasteiger partial charge is 0.310 e. The Morgan fingerprint density at radius 2 is 1.87 bits per heavy atom. The summed E-state index contributed by atoms with van der Waals surface area (Å²) in [6, 6.07) is 16.1. The van der Waals surface area contributed by atoms with Gasteiger partial charge in [-0.1, -0.05) is 53.6 Å². The molecule has 5 heterocycles. The topological polar surface area (TPSA) is 77.7 Å². The third-order valence-corrected chi connectivity index (χ3v) is 13.2. The number of likely N-dealkylation sites (tertiary alicyclic amines) is 1. The molecule has 3 aromatic rings. The number of methoxy groups -OCH3 is 1. The lowest BCUT2D eigenvalue weighted by molar-refractivity contribution is -0.151. The maximum atomic E-state index is 13.7. The Bertz CT molecular complexity index is 1930. The number of rotatable bonds is 3. The standard InChI is InChI=1S/C40H44N4O3/c1-5-22-19-43(3)34-17-29-25-9-7-8-10-32(25)41-37(29)28(16-27(22)36(34)39(46)47-4)24-11-12-33-31(15-24)40-13-14-44-20-23(6-2)26(18-35(40)44)30(21-45)38(40)42-33/h5-12,15,21,26-28,34-36,41-42H,13-14,16-20H2,1-4H3/b22-5-,23-6+/t26-,27-,28-,34-,35-,36-,40?/m0/s1. The highest BCUT2D eigenvalue weighted by molar-refractivity contribution is 5.87. The molecule has 7 nitrogen and oxygen atoms in total. The number of carbonyl (C=O) groups is 2. The molecular formula is C40H44N4O3. The summed E-state index contributed by atoms with van der Waals surface area (Å²) in [4.78, 5) is 35.4. The van der Waals surface area contributed by atoms with Gasteiger partial charge in [0.25, 0.3) is 0 Å². The van der Waals surface area contributed by atoms with Crippen molar-refractivity contribution in [2.75, 3.05) is 39.1 Å². The first-order valence-electron chi connectivity index (χ1n) is 17.4. The van der Waals surface area contributed by atoms with Crippen molar-refractivity contribution in [3.63, 3.8) is 0 Å². The van der Waals surface area contributed by atoms with E-state index in [9.17, 15) is 9.59 Å². The summed E-state index contributed by atoms with van der Waals surface area (Å²) in [5, 5.41) is 5.06. The Balaban J connectivity index is 1.24. The van der Waals surface area contributed by atoms with Gasteiger partial charge in [-0.2, -0.15) is 0 Å². The van der Waals surface area contributed by atoms with Crippen LogP contribution in [0.1, 0.15) is 61.4 Å². The molecule has 1 aromatic heterocycles. The molecule has 47 heavy (non-hydrogen) atoms. The summed E-state index contributed by atoms with van der Waals surface area (Å²) in [5.41, 5.74) is 12.1. The number of nitrogens with zero attached hydrogens (tertiary/aromatic N) is 2. The van der Waals surface area contributed by atoms with Gasteiger partial charge in [-0.25, -0.2) is 0 Å². The summed E-state index contributed by atoms with van der Waals surface area (Å²) in [6.45, 7) is 7.08. The predicted octanol–water partition coefficient (Wildman–Crippen LogP) is 6.08. The Labute approximate surface area is 276 Å². The van der Waals surface area contributed by atoms with Crippen LogP contribution in [0.25, 0.3) is 10.9 Å². The highest BCUT2D eigenvalue weighted by Crippen LogP contribution is 2.61. The fourth-order valence-electron chi connectivity index (χ4n) is 11.0. The van der Waals surface area contributed by atoms with Gasteiger partial charge in [-0.15, -0.1) is 0 Å². The van der Waals surface area contributed by atoms with Gasteiger partial charge in [-0.3, -0.25) is 19.4 Å². The van der Waals surface area contributed by atoms with Crippen LogP contribution in [0.15, 0.2) is 77.0 Å². The highest BCUT2D eigenvalue weighted by atomic mass is 16.5. The van der Waals surface area contributed by atoms with Crippen LogP contribution in [-0.4, -0.2) is 72.9 Å². The Morgan fingerprint density at radius 3 is 2.66 bits per heavy atom. The number of benzene rings is 2. The van der Waals surface area contributed by atoms with Crippen LogP contribution in [0.4, 0.5) is 5.69 Å². The molecule has 1 spiro atoms. The molecule has 242 valence electrons. The number of hydrogen-bond acceptors (Lipinski definition) is 6. The number of fused-ring (bicyclic) bond motifs is 7. The molecule has 6 aliphatic rings. The van der Waals surface area contributed by atoms with Crippen molar-refractivity contribution in [3.05, 3.63) is 99.4 Å². The van der Waals surface area contributed by atoms with Gasteiger partial charge in [-0.05, 0) is 81.3 Å².